The molecule has 104 heavy (non-hydrogen) atoms. The van der Waals surface area contributed by atoms with Crippen LogP contribution in [0.1, 0.15) is 229 Å². The van der Waals surface area contributed by atoms with Gasteiger partial charge >= 0.3 is 0 Å². The van der Waals surface area contributed by atoms with Crippen molar-refractivity contribution in [3.63, 3.8) is 0 Å². The van der Waals surface area contributed by atoms with E-state index in [-0.39, 0.29) is 86.5 Å². The van der Waals surface area contributed by atoms with Gasteiger partial charge in [-0.05, 0) is 120 Å². The zero-order chi connectivity index (χ0) is 77.0. The molecule has 0 aromatic rings. The smallest absolute Gasteiger partial charge is 0.248 e. The topological polar surface area (TPSA) is 311 Å². The summed E-state index contributed by atoms with van der Waals surface area (Å²) in [5, 5.41) is 26.7. The molecule has 12 amide bonds. The first-order chi connectivity index (χ1) is 49.1. The molecular weight excluding hydrogens is 1350 g/mol. The third-order valence-corrected chi connectivity index (χ3v) is 24.4. The van der Waals surface area contributed by atoms with Gasteiger partial charge in [0.1, 0.15) is 66.5 Å². The summed E-state index contributed by atoms with van der Waals surface area (Å²) in [4.78, 5) is 194. The second-order valence-corrected chi connectivity index (χ2v) is 33.9. The van der Waals surface area contributed by atoms with Gasteiger partial charge in [0.15, 0.2) is 0 Å². The molecule has 13 atom stereocenters. The van der Waals surface area contributed by atoms with Gasteiger partial charge in [0.2, 0.25) is 70.9 Å². The Hall–Kier alpha value is -6.09. The van der Waals surface area contributed by atoms with E-state index in [4.69, 9.17) is 0 Å². The lowest BCUT2D eigenvalue weighted by Gasteiger charge is -2.39. The summed E-state index contributed by atoms with van der Waals surface area (Å²) in [6.45, 7) is 16.5. The summed E-state index contributed by atoms with van der Waals surface area (Å²) >= 11 is 1.63. The summed E-state index contributed by atoms with van der Waals surface area (Å²) in [7, 11) is 10.3. The zero-order valence-electron chi connectivity index (χ0n) is 66.0. The maximum absolute atomic E-state index is 15.8. The van der Waals surface area contributed by atoms with E-state index >= 15 is 38.4 Å². The highest BCUT2D eigenvalue weighted by Crippen LogP contribution is 2.34. The summed E-state index contributed by atoms with van der Waals surface area (Å²) in [6.07, 6.45) is 14.9. The number of thioether (sulfide) groups is 1. The van der Waals surface area contributed by atoms with Crippen molar-refractivity contribution < 1.29 is 62.6 Å². The second kappa shape index (κ2) is 41.3. The number of hydrogen-bond acceptors (Lipinski definition) is 15. The predicted molar refractivity (Wildman–Crippen MR) is 403 cm³/mol. The average molecular weight is 1480 g/mol. The van der Waals surface area contributed by atoms with Crippen molar-refractivity contribution >= 4 is 82.6 Å². The minimum Gasteiger partial charge on any atom is -0.391 e. The predicted octanol–water partition coefficient (Wildman–Crippen LogP) is 5.65. The average Bonchev–Trinajstić information content (AvgIpc) is 0.853. The minimum absolute atomic E-state index is 0.0332. The quantitative estimate of drug-likeness (QED) is 0.109. The number of aliphatic hydroxyl groups excluding tert-OH is 1. The highest BCUT2D eigenvalue weighted by Gasteiger charge is 2.46. The standard InChI is InChI=1S/C77H133N13O13S/c1-47(2)37-57-73(99)87(14)61(39-49(5)6)70(96)82-66(52(9)91)77(103)84(11)51(8)72(98)86(13)63(43-56-45-104-46-78-56)69(95)80-58(40-53-29-21-17-22-30-53)74(100)89(16)64(42-55-33-25-19-26-34-55)76(102)88(15)60(38-48(3)4)67(93)81-59(75(101)90-35-27-20-28-36-90)44-65(92)83(10)50(7)71(97)85(12)62(68(94)79-57)41-54-31-23-18-24-32-54/h47-64,66,78,91H,17-46H2,1-16H3,(H,79,94)(H,80,95)(H,81,93)(H,82,96)/t50-,51-,52+,56?,57-,58-,59-,60-,61-,62-,63-,64-,66-/m0/s1. The number of hydrogen-bond donors (Lipinski definition) is 6. The van der Waals surface area contributed by atoms with Gasteiger partial charge in [0.05, 0.1) is 12.5 Å². The molecule has 0 aromatic heterocycles. The van der Waals surface area contributed by atoms with Gasteiger partial charge in [-0.1, -0.05) is 138 Å². The maximum Gasteiger partial charge on any atom is 0.248 e. The molecule has 6 N–H and O–H groups in total. The van der Waals surface area contributed by atoms with Gasteiger partial charge in [-0.3, -0.25) is 57.5 Å². The van der Waals surface area contributed by atoms with Crippen LogP contribution in [-0.2, 0) is 57.5 Å². The molecule has 6 rings (SSSR count). The third kappa shape index (κ3) is 24.2. The third-order valence-electron chi connectivity index (χ3n) is 23.4. The molecule has 3 aliphatic carbocycles. The zero-order valence-corrected chi connectivity index (χ0v) is 66.8. The molecule has 590 valence electrons. The Labute approximate surface area is 625 Å². The van der Waals surface area contributed by atoms with E-state index < -0.39 is 150 Å². The first-order valence-electron chi connectivity index (χ1n) is 39.5. The van der Waals surface area contributed by atoms with Crippen LogP contribution in [0.2, 0.25) is 0 Å². The molecule has 0 spiro atoms. The Morgan fingerprint density at radius 1 is 0.423 bits per heavy atom. The Balaban J connectivity index is 1.49. The Morgan fingerprint density at radius 3 is 1.29 bits per heavy atom. The number of likely N-dealkylation sites (N-methyl/N-ethyl adjacent to an activating group) is 7. The lowest BCUT2D eigenvalue weighted by atomic mass is 9.83. The minimum atomic E-state index is -1.64. The van der Waals surface area contributed by atoms with Crippen LogP contribution >= 0.6 is 11.8 Å². The molecule has 3 saturated heterocycles. The molecule has 3 saturated carbocycles. The van der Waals surface area contributed by atoms with Crippen molar-refractivity contribution in [3.05, 3.63) is 0 Å². The Morgan fingerprint density at radius 2 is 0.817 bits per heavy atom. The molecule has 1 unspecified atom stereocenters. The summed E-state index contributed by atoms with van der Waals surface area (Å²) < 4.78 is 0. The van der Waals surface area contributed by atoms with Crippen molar-refractivity contribution in [1.29, 1.82) is 0 Å². The maximum atomic E-state index is 15.8. The first kappa shape index (κ1) is 86.8. The van der Waals surface area contributed by atoms with Crippen molar-refractivity contribution in [2.24, 2.45) is 35.5 Å². The van der Waals surface area contributed by atoms with E-state index in [2.05, 4.69) is 26.6 Å². The molecule has 0 aromatic carbocycles. The van der Waals surface area contributed by atoms with Crippen molar-refractivity contribution in [2.45, 2.75) is 308 Å². The fourth-order valence-corrected chi connectivity index (χ4v) is 17.4. The summed E-state index contributed by atoms with van der Waals surface area (Å²) in [5.41, 5.74) is 0. The van der Waals surface area contributed by atoms with Gasteiger partial charge in [-0.15, -0.1) is 11.8 Å². The largest absolute Gasteiger partial charge is 0.391 e. The highest BCUT2D eigenvalue weighted by atomic mass is 32.2. The SMILES string of the molecule is CC(C)C[C@@H]1NC(=O)[C@H](CC2CCCCC2)N(C)C(=O)[C@H](C)N(C)C(=O)C[C@@H](C(=O)N2CCCCC2)NC(=O)[C@H](CC(C)C)N(C)C(=O)[C@H](CC2CCCCC2)N(C)C(=O)[C@H](CC2CCCCC2)NC(=O)[C@H](CC2CSCN2)N(C)C(=O)[C@H](C)N(C)C(=O)[C@H]([C@@H](C)O)NC(=O)[C@H](CC(C)C)N(C)C1=O. The van der Waals surface area contributed by atoms with Crippen LogP contribution in [0.4, 0.5) is 0 Å². The van der Waals surface area contributed by atoms with Gasteiger partial charge in [-0.25, -0.2) is 0 Å². The lowest BCUT2D eigenvalue weighted by molar-refractivity contribution is -0.152. The molecular formula is C77H133N13O13S. The van der Waals surface area contributed by atoms with E-state index in [0.717, 1.165) is 108 Å². The molecule has 0 bridgehead atoms. The van der Waals surface area contributed by atoms with Crippen LogP contribution in [-0.4, -0.2) is 268 Å². The van der Waals surface area contributed by atoms with E-state index in [9.17, 15) is 24.3 Å². The number of carbonyl (C=O) groups is 12. The normalized spacial score (nSPS) is 30.0. The number of carbonyl (C=O) groups excluding carboxylic acids is 12. The Kier molecular flexibility index (Phi) is 34.5. The van der Waals surface area contributed by atoms with Crippen molar-refractivity contribution in [2.75, 3.05) is 74.1 Å². The van der Waals surface area contributed by atoms with Gasteiger partial charge in [-0.2, -0.15) is 0 Å². The van der Waals surface area contributed by atoms with E-state index in [1.807, 2.05) is 41.5 Å². The second-order valence-electron chi connectivity index (χ2n) is 32.9. The highest BCUT2D eigenvalue weighted by molar-refractivity contribution is 7.99. The first-order valence-corrected chi connectivity index (χ1v) is 40.6. The van der Waals surface area contributed by atoms with Crippen LogP contribution in [0.3, 0.4) is 0 Å². The van der Waals surface area contributed by atoms with Crippen molar-refractivity contribution in [1.82, 2.24) is 65.8 Å². The number of piperidine rings is 1. The number of aliphatic hydroxyl groups is 1. The summed E-state index contributed by atoms with van der Waals surface area (Å²) in [5.74, 6) is -6.81. The van der Waals surface area contributed by atoms with E-state index in [0.29, 0.717) is 37.6 Å². The van der Waals surface area contributed by atoms with Crippen LogP contribution in [0.25, 0.3) is 0 Å². The van der Waals surface area contributed by atoms with Crippen LogP contribution in [0.5, 0.6) is 0 Å². The van der Waals surface area contributed by atoms with Gasteiger partial charge < -0.3 is 70.9 Å². The number of nitrogens with zero attached hydrogens (tertiary/aromatic N) is 8. The van der Waals surface area contributed by atoms with E-state index in [1.54, 1.807) is 23.7 Å². The van der Waals surface area contributed by atoms with Crippen LogP contribution in [0, 0.1) is 35.5 Å². The molecule has 27 heteroatoms. The number of nitrogens with one attached hydrogen (secondary N) is 5. The summed E-state index contributed by atoms with van der Waals surface area (Å²) in [6, 6.07) is -14.1. The fourth-order valence-electron chi connectivity index (χ4n) is 16.4. The molecule has 0 radical (unpaired) electrons. The lowest BCUT2D eigenvalue weighted by Crippen LogP contribution is -2.62. The van der Waals surface area contributed by atoms with Gasteiger partial charge in [0, 0.05) is 80.1 Å². The fraction of sp³-hybridized carbons (Fsp3) is 0.844. The molecule has 6 aliphatic rings. The molecule has 6 fully saturated rings. The monoisotopic (exact) mass is 1480 g/mol. The van der Waals surface area contributed by atoms with Crippen molar-refractivity contribution in [3.8, 4) is 0 Å². The molecule has 3 aliphatic heterocycles. The number of likely N-dealkylation sites (tertiary alicyclic amines) is 1. The van der Waals surface area contributed by atoms with Crippen LogP contribution in [0.15, 0.2) is 0 Å². The molecule has 3 heterocycles. The number of rotatable bonds is 16. The Bertz CT molecular complexity index is 2890. The molecule has 26 nitrogen and oxygen atoms in total. The van der Waals surface area contributed by atoms with Gasteiger partial charge in [0.25, 0.3) is 0 Å². The van der Waals surface area contributed by atoms with E-state index in [1.165, 1.54) is 92.5 Å². The van der Waals surface area contributed by atoms with Crippen LogP contribution < -0.4 is 26.6 Å². The number of amides is 12.